The molecule has 0 fully saturated rings. The van der Waals surface area contributed by atoms with Crippen LogP contribution in [0.2, 0.25) is 10.0 Å². The number of halogens is 2. The lowest BCUT2D eigenvalue weighted by Gasteiger charge is -2.24. The molecule has 2 heterocycles. The molecule has 0 radical (unpaired) electrons. The van der Waals surface area contributed by atoms with E-state index < -0.39 is 16.0 Å². The number of pyridine rings is 1. The van der Waals surface area contributed by atoms with Crippen LogP contribution >= 0.6 is 23.2 Å². The van der Waals surface area contributed by atoms with Crippen molar-refractivity contribution in [1.82, 2.24) is 15.2 Å². The Balaban J connectivity index is 2.15. The average molecular weight is 497 g/mol. The topological polar surface area (TPSA) is 147 Å². The van der Waals surface area contributed by atoms with Gasteiger partial charge in [0, 0.05) is 34.6 Å². The summed E-state index contributed by atoms with van der Waals surface area (Å²) in [5.74, 6) is -0.555. The number of nitrogens with one attached hydrogen (secondary N) is 2. The highest BCUT2D eigenvalue weighted by Crippen LogP contribution is 2.35. The fourth-order valence-electron chi connectivity index (χ4n) is 3.06. The summed E-state index contributed by atoms with van der Waals surface area (Å²) >= 11 is 12.0. The second-order valence-electron chi connectivity index (χ2n) is 7.26. The Morgan fingerprint density at radius 2 is 1.91 bits per heavy atom. The maximum atomic E-state index is 13.5. The first-order valence-electron chi connectivity index (χ1n) is 9.42. The standard InChI is InChI=1S/C20H22Cl2N6O3S/c1-11(2)17-20(32(29,30)31-15-7-13(21)6-14(22)8-15)28(10-12-4-3-5-26-9-12)19(27-17)16(23)18(24)25/h3-9,11,27H,10,23H2,1-2H3,(H3,24,25). The minimum atomic E-state index is -4.40. The molecule has 170 valence electrons. The van der Waals surface area contributed by atoms with Crippen molar-refractivity contribution in [3.05, 3.63) is 80.6 Å². The van der Waals surface area contributed by atoms with Crippen LogP contribution in [0.15, 0.2) is 65.0 Å². The second-order valence-corrected chi connectivity index (χ2v) is 9.60. The molecular weight excluding hydrogens is 475 g/mol. The minimum absolute atomic E-state index is 0.0450. The molecule has 0 saturated carbocycles. The van der Waals surface area contributed by atoms with Crippen LogP contribution in [0.3, 0.4) is 0 Å². The number of nitrogens with zero attached hydrogens (tertiary/aromatic N) is 2. The summed E-state index contributed by atoms with van der Waals surface area (Å²) in [7, 11) is -4.40. The van der Waals surface area contributed by atoms with Crippen LogP contribution in [0.5, 0.6) is 5.75 Å². The Morgan fingerprint density at radius 1 is 1.25 bits per heavy atom. The van der Waals surface area contributed by atoms with E-state index in [9.17, 15) is 8.42 Å². The van der Waals surface area contributed by atoms with E-state index in [2.05, 4.69) is 10.3 Å². The average Bonchev–Trinajstić information content (AvgIpc) is 3.07. The van der Waals surface area contributed by atoms with Crippen molar-refractivity contribution < 1.29 is 12.6 Å². The zero-order valence-corrected chi connectivity index (χ0v) is 19.6. The molecular formula is C20H22Cl2N6O3S. The summed E-state index contributed by atoms with van der Waals surface area (Å²) in [5, 5.41) is 11.0. The number of benzene rings is 1. The Morgan fingerprint density at radius 3 is 2.44 bits per heavy atom. The summed E-state index contributed by atoms with van der Waals surface area (Å²) in [6.07, 6.45) is 3.20. The number of amidine groups is 1. The summed E-state index contributed by atoms with van der Waals surface area (Å²) in [4.78, 5) is 5.48. The lowest BCUT2D eigenvalue weighted by atomic mass is 10.1. The molecule has 0 unspecified atom stereocenters. The fraction of sp³-hybridized carbons (Fsp3) is 0.200. The van der Waals surface area contributed by atoms with Crippen molar-refractivity contribution in [3.8, 4) is 5.75 Å². The molecule has 32 heavy (non-hydrogen) atoms. The molecule has 1 aromatic heterocycles. The molecule has 0 atom stereocenters. The van der Waals surface area contributed by atoms with Crippen LogP contribution in [0.4, 0.5) is 0 Å². The van der Waals surface area contributed by atoms with Crippen LogP contribution in [-0.4, -0.2) is 24.1 Å². The number of hydrogen-bond acceptors (Lipinski definition) is 8. The SMILES string of the molecule is CC(C)C1=C(S(=O)(=O)Oc2cc(Cl)cc(Cl)c2)N(Cc2cccnc2)C(=C(N)C(=N)N)N1. The van der Waals surface area contributed by atoms with E-state index in [-0.39, 0.29) is 44.8 Å². The van der Waals surface area contributed by atoms with Gasteiger partial charge < -0.3 is 25.9 Å². The molecule has 0 spiro atoms. The van der Waals surface area contributed by atoms with Gasteiger partial charge in [0.15, 0.2) is 5.03 Å². The zero-order chi connectivity index (χ0) is 23.6. The third-order valence-corrected chi connectivity index (χ3v) is 6.23. The van der Waals surface area contributed by atoms with Gasteiger partial charge in [0.2, 0.25) is 0 Å². The molecule has 0 aliphatic carbocycles. The maximum Gasteiger partial charge on any atom is 0.356 e. The van der Waals surface area contributed by atoms with Crippen molar-refractivity contribution in [1.29, 1.82) is 5.41 Å². The molecule has 2 aromatic rings. The van der Waals surface area contributed by atoms with Gasteiger partial charge in [0.05, 0.1) is 12.2 Å². The van der Waals surface area contributed by atoms with Crippen molar-refractivity contribution >= 4 is 39.2 Å². The summed E-state index contributed by atoms with van der Waals surface area (Å²) < 4.78 is 32.3. The van der Waals surface area contributed by atoms with Crippen LogP contribution in [0, 0.1) is 11.3 Å². The third-order valence-electron chi connectivity index (χ3n) is 4.46. The third kappa shape index (κ3) is 5.09. The number of nitrogens with two attached hydrogens (primary N) is 2. The maximum absolute atomic E-state index is 13.5. The highest BCUT2D eigenvalue weighted by Gasteiger charge is 2.40. The number of hydrogen-bond donors (Lipinski definition) is 4. The minimum Gasteiger partial charge on any atom is -0.393 e. The van der Waals surface area contributed by atoms with Gasteiger partial charge in [-0.2, -0.15) is 8.42 Å². The van der Waals surface area contributed by atoms with E-state index in [4.69, 9.17) is 44.3 Å². The molecule has 0 amide bonds. The first kappa shape index (κ1) is 23.7. The molecule has 1 aliphatic heterocycles. The smallest absolute Gasteiger partial charge is 0.356 e. The molecule has 9 nitrogen and oxygen atoms in total. The first-order chi connectivity index (χ1) is 15.0. The molecule has 1 aromatic carbocycles. The predicted molar refractivity (Wildman–Crippen MR) is 124 cm³/mol. The lowest BCUT2D eigenvalue weighted by Crippen LogP contribution is -2.33. The molecule has 12 heteroatoms. The molecule has 0 saturated heterocycles. The zero-order valence-electron chi connectivity index (χ0n) is 17.3. The highest BCUT2D eigenvalue weighted by molar-refractivity contribution is 7.91. The Bertz CT molecular complexity index is 1190. The fourth-order valence-corrected chi connectivity index (χ4v) is 4.98. The van der Waals surface area contributed by atoms with Gasteiger partial charge in [-0.25, -0.2) is 0 Å². The van der Waals surface area contributed by atoms with Gasteiger partial charge in [-0.3, -0.25) is 10.4 Å². The van der Waals surface area contributed by atoms with Gasteiger partial charge in [-0.1, -0.05) is 43.1 Å². The normalized spacial score (nSPS) is 15.7. The highest BCUT2D eigenvalue weighted by atomic mass is 35.5. The Kier molecular flexibility index (Phi) is 6.87. The van der Waals surface area contributed by atoms with Crippen LogP contribution in [0.1, 0.15) is 19.4 Å². The van der Waals surface area contributed by atoms with E-state index in [0.29, 0.717) is 11.3 Å². The van der Waals surface area contributed by atoms with Crippen molar-refractivity contribution in [2.75, 3.05) is 0 Å². The van der Waals surface area contributed by atoms with Crippen molar-refractivity contribution in [3.63, 3.8) is 0 Å². The van der Waals surface area contributed by atoms with E-state index in [0.717, 1.165) is 0 Å². The van der Waals surface area contributed by atoms with Gasteiger partial charge in [-0.05, 0) is 23.6 Å². The van der Waals surface area contributed by atoms with Gasteiger partial charge in [0.1, 0.15) is 23.1 Å². The largest absolute Gasteiger partial charge is 0.393 e. The van der Waals surface area contributed by atoms with Crippen molar-refractivity contribution in [2.45, 2.75) is 20.4 Å². The van der Waals surface area contributed by atoms with Crippen LogP contribution in [0.25, 0.3) is 0 Å². The predicted octanol–water partition coefficient (Wildman–Crippen LogP) is 3.09. The summed E-state index contributed by atoms with van der Waals surface area (Å²) in [6, 6.07) is 7.65. The van der Waals surface area contributed by atoms with Crippen LogP contribution in [-0.2, 0) is 16.7 Å². The molecule has 1 aliphatic rings. The first-order valence-corrected chi connectivity index (χ1v) is 11.6. The second kappa shape index (κ2) is 9.27. The van der Waals surface area contributed by atoms with Crippen molar-refractivity contribution in [2.24, 2.45) is 17.4 Å². The quantitative estimate of drug-likeness (QED) is 0.259. The van der Waals surface area contributed by atoms with E-state index in [1.165, 1.54) is 23.1 Å². The molecule has 3 rings (SSSR count). The monoisotopic (exact) mass is 496 g/mol. The van der Waals surface area contributed by atoms with Gasteiger partial charge in [-0.15, -0.1) is 0 Å². The van der Waals surface area contributed by atoms with Gasteiger partial charge >= 0.3 is 10.1 Å². The van der Waals surface area contributed by atoms with E-state index in [1.54, 1.807) is 24.5 Å². The molecule has 6 N–H and O–H groups in total. The van der Waals surface area contributed by atoms with E-state index >= 15 is 0 Å². The van der Waals surface area contributed by atoms with E-state index in [1.807, 2.05) is 13.8 Å². The number of aromatic nitrogens is 1. The number of rotatable bonds is 7. The Hall–Kier alpha value is -2.95. The molecule has 0 bridgehead atoms. The summed E-state index contributed by atoms with van der Waals surface area (Å²) in [6.45, 7) is 3.70. The van der Waals surface area contributed by atoms with Gasteiger partial charge in [0.25, 0.3) is 0 Å². The Labute approximate surface area is 196 Å². The lowest BCUT2D eigenvalue weighted by molar-refractivity contribution is 0.418. The summed E-state index contributed by atoms with van der Waals surface area (Å²) in [5.41, 5.74) is 12.6. The van der Waals surface area contributed by atoms with Crippen LogP contribution < -0.4 is 21.0 Å². The number of allylic oxidation sites excluding steroid dienone is 1.